The first-order valence-electron chi connectivity index (χ1n) is 6.29. The fraction of sp³-hybridized carbons (Fsp3) is 0.188. The van der Waals surface area contributed by atoms with Crippen molar-refractivity contribution >= 4 is 23.3 Å². The second-order valence-corrected chi connectivity index (χ2v) is 5.20. The van der Waals surface area contributed by atoms with Crippen LogP contribution in [0, 0.1) is 13.8 Å². The molecule has 2 aromatic carbocycles. The number of aryl methyl sites for hydroxylation is 2. The van der Waals surface area contributed by atoms with E-state index >= 15 is 0 Å². The molecule has 1 unspecified atom stereocenters. The Hall–Kier alpha value is -2.00. The molecule has 1 atom stereocenters. The number of aliphatic carboxylic acids is 1. The van der Waals surface area contributed by atoms with Crippen LogP contribution in [-0.2, 0) is 4.79 Å². The Morgan fingerprint density at radius 2 is 1.75 bits per heavy atom. The third-order valence-corrected chi connectivity index (χ3v) is 3.52. The van der Waals surface area contributed by atoms with Gasteiger partial charge < -0.3 is 10.4 Å². The number of anilines is 1. The minimum Gasteiger partial charge on any atom is -0.479 e. The number of carbonyl (C=O) groups is 1. The van der Waals surface area contributed by atoms with Gasteiger partial charge in [-0.25, -0.2) is 4.79 Å². The molecule has 4 heteroatoms. The monoisotopic (exact) mass is 289 g/mol. The van der Waals surface area contributed by atoms with Crippen molar-refractivity contribution in [1.82, 2.24) is 0 Å². The third-order valence-electron chi connectivity index (χ3n) is 3.27. The molecule has 104 valence electrons. The lowest BCUT2D eigenvalue weighted by Gasteiger charge is -2.17. The van der Waals surface area contributed by atoms with Crippen LogP contribution >= 0.6 is 11.6 Å². The molecule has 0 radical (unpaired) electrons. The molecule has 0 saturated heterocycles. The molecule has 0 aliphatic carbocycles. The summed E-state index contributed by atoms with van der Waals surface area (Å²) < 4.78 is 0. The van der Waals surface area contributed by atoms with Crippen molar-refractivity contribution in [2.45, 2.75) is 19.9 Å². The highest BCUT2D eigenvalue weighted by atomic mass is 35.5. The second-order valence-electron chi connectivity index (χ2n) is 4.77. The summed E-state index contributed by atoms with van der Waals surface area (Å²) in [5.41, 5.74) is 3.67. The fourth-order valence-electron chi connectivity index (χ4n) is 1.94. The average molecular weight is 290 g/mol. The van der Waals surface area contributed by atoms with Gasteiger partial charge in [0.15, 0.2) is 6.04 Å². The van der Waals surface area contributed by atoms with E-state index in [0.717, 1.165) is 22.4 Å². The number of rotatable bonds is 4. The predicted octanol–water partition coefficient (Wildman–Crippen LogP) is 4.19. The van der Waals surface area contributed by atoms with E-state index in [2.05, 4.69) is 5.32 Å². The summed E-state index contributed by atoms with van der Waals surface area (Å²) in [7, 11) is 0. The summed E-state index contributed by atoms with van der Waals surface area (Å²) in [6.45, 7) is 3.97. The van der Waals surface area contributed by atoms with Crippen molar-refractivity contribution in [3.05, 3.63) is 64.2 Å². The quantitative estimate of drug-likeness (QED) is 0.887. The van der Waals surface area contributed by atoms with E-state index < -0.39 is 12.0 Å². The Bertz CT molecular complexity index is 623. The molecular weight excluding hydrogens is 274 g/mol. The van der Waals surface area contributed by atoms with Gasteiger partial charge in [0, 0.05) is 10.7 Å². The number of carboxylic acids is 1. The molecule has 0 aliphatic rings. The van der Waals surface area contributed by atoms with Crippen molar-refractivity contribution in [3.8, 4) is 0 Å². The van der Waals surface area contributed by atoms with E-state index in [1.54, 1.807) is 24.3 Å². The van der Waals surface area contributed by atoms with E-state index in [-0.39, 0.29) is 0 Å². The Kier molecular flexibility index (Phi) is 4.30. The fourth-order valence-corrected chi connectivity index (χ4v) is 2.07. The number of hydrogen-bond donors (Lipinski definition) is 2. The number of halogens is 1. The van der Waals surface area contributed by atoms with Crippen LogP contribution in [0.15, 0.2) is 42.5 Å². The van der Waals surface area contributed by atoms with E-state index in [1.807, 2.05) is 32.0 Å². The first-order chi connectivity index (χ1) is 9.47. The van der Waals surface area contributed by atoms with Crippen LogP contribution in [0.4, 0.5) is 5.69 Å². The molecule has 3 nitrogen and oxygen atoms in total. The van der Waals surface area contributed by atoms with Gasteiger partial charge in [-0.3, -0.25) is 0 Å². The highest BCUT2D eigenvalue weighted by Crippen LogP contribution is 2.23. The molecule has 0 bridgehead atoms. The van der Waals surface area contributed by atoms with Gasteiger partial charge in [0.1, 0.15) is 0 Å². The Morgan fingerprint density at radius 1 is 1.10 bits per heavy atom. The second kappa shape index (κ2) is 5.97. The highest BCUT2D eigenvalue weighted by molar-refractivity contribution is 6.30. The lowest BCUT2D eigenvalue weighted by molar-refractivity contribution is -0.138. The van der Waals surface area contributed by atoms with Gasteiger partial charge in [-0.15, -0.1) is 0 Å². The summed E-state index contributed by atoms with van der Waals surface area (Å²) in [5, 5.41) is 13.0. The molecule has 0 aromatic heterocycles. The van der Waals surface area contributed by atoms with Crippen molar-refractivity contribution in [2.75, 3.05) is 5.32 Å². The van der Waals surface area contributed by atoms with Crippen molar-refractivity contribution in [2.24, 2.45) is 0 Å². The molecule has 20 heavy (non-hydrogen) atoms. The maximum absolute atomic E-state index is 11.5. The van der Waals surface area contributed by atoms with Crippen LogP contribution in [0.25, 0.3) is 0 Å². The minimum atomic E-state index is -0.914. The summed E-state index contributed by atoms with van der Waals surface area (Å²) in [5.74, 6) is -0.914. The molecule has 2 N–H and O–H groups in total. The van der Waals surface area contributed by atoms with Crippen LogP contribution in [0.5, 0.6) is 0 Å². The van der Waals surface area contributed by atoms with Gasteiger partial charge in [0.05, 0.1) is 0 Å². The first kappa shape index (κ1) is 14.4. The zero-order valence-electron chi connectivity index (χ0n) is 11.4. The van der Waals surface area contributed by atoms with Crippen LogP contribution in [0.2, 0.25) is 5.02 Å². The molecule has 0 spiro atoms. The normalized spacial score (nSPS) is 11.9. The highest BCUT2D eigenvalue weighted by Gasteiger charge is 2.19. The zero-order chi connectivity index (χ0) is 14.7. The third kappa shape index (κ3) is 3.31. The van der Waals surface area contributed by atoms with Crippen molar-refractivity contribution in [3.63, 3.8) is 0 Å². The smallest absolute Gasteiger partial charge is 0.330 e. The summed E-state index contributed by atoms with van der Waals surface area (Å²) in [4.78, 5) is 11.5. The summed E-state index contributed by atoms with van der Waals surface area (Å²) in [6.07, 6.45) is 0. The lowest BCUT2D eigenvalue weighted by Crippen LogP contribution is -2.20. The topological polar surface area (TPSA) is 49.3 Å². The molecule has 0 fully saturated rings. The minimum absolute atomic E-state index is 0.619. The average Bonchev–Trinajstić information content (AvgIpc) is 2.41. The largest absolute Gasteiger partial charge is 0.479 e. The molecular formula is C16H16ClNO2. The number of hydrogen-bond acceptors (Lipinski definition) is 2. The molecule has 0 aliphatic heterocycles. The van der Waals surface area contributed by atoms with Gasteiger partial charge in [0.2, 0.25) is 0 Å². The van der Waals surface area contributed by atoms with Gasteiger partial charge in [-0.2, -0.15) is 0 Å². The van der Waals surface area contributed by atoms with E-state index in [4.69, 9.17) is 11.6 Å². The van der Waals surface area contributed by atoms with Crippen LogP contribution in [0.3, 0.4) is 0 Å². The summed E-state index contributed by atoms with van der Waals surface area (Å²) >= 11 is 5.82. The zero-order valence-corrected chi connectivity index (χ0v) is 12.1. The number of benzene rings is 2. The standard InChI is InChI=1S/C16H16ClNO2/c1-10-3-4-12(9-11(10)2)15(16(19)20)18-14-7-5-13(17)6-8-14/h3-9,15,18H,1-2H3,(H,19,20). The molecule has 0 amide bonds. The number of carboxylic acid groups (broad SMARTS) is 1. The van der Waals surface area contributed by atoms with E-state index in [9.17, 15) is 9.90 Å². The number of nitrogens with one attached hydrogen (secondary N) is 1. The van der Waals surface area contributed by atoms with Crippen LogP contribution in [0.1, 0.15) is 22.7 Å². The molecule has 0 heterocycles. The van der Waals surface area contributed by atoms with E-state index in [1.165, 1.54) is 0 Å². The van der Waals surface area contributed by atoms with Gasteiger partial charge in [0.25, 0.3) is 0 Å². The first-order valence-corrected chi connectivity index (χ1v) is 6.67. The Morgan fingerprint density at radius 3 is 2.30 bits per heavy atom. The van der Waals surface area contributed by atoms with E-state index in [0.29, 0.717) is 5.02 Å². The SMILES string of the molecule is Cc1ccc(C(Nc2ccc(Cl)cc2)C(=O)O)cc1C. The van der Waals surface area contributed by atoms with Crippen LogP contribution < -0.4 is 5.32 Å². The maximum Gasteiger partial charge on any atom is 0.330 e. The van der Waals surface area contributed by atoms with Gasteiger partial charge >= 0.3 is 5.97 Å². The van der Waals surface area contributed by atoms with Crippen molar-refractivity contribution in [1.29, 1.82) is 0 Å². The van der Waals surface area contributed by atoms with Gasteiger partial charge in [-0.1, -0.05) is 29.8 Å². The Balaban J connectivity index is 2.29. The predicted molar refractivity (Wildman–Crippen MR) is 81.4 cm³/mol. The molecule has 2 aromatic rings. The molecule has 0 saturated carbocycles. The summed E-state index contributed by atoms with van der Waals surface area (Å²) in [6, 6.07) is 11.9. The maximum atomic E-state index is 11.5. The molecule has 2 rings (SSSR count). The lowest BCUT2D eigenvalue weighted by atomic mass is 10.0. The van der Waals surface area contributed by atoms with Gasteiger partial charge in [-0.05, 0) is 54.8 Å². The van der Waals surface area contributed by atoms with Crippen LogP contribution in [-0.4, -0.2) is 11.1 Å². The Labute approximate surface area is 123 Å². The van der Waals surface area contributed by atoms with Crippen molar-refractivity contribution < 1.29 is 9.90 Å².